The minimum absolute atomic E-state index is 0.0416. The van der Waals surface area contributed by atoms with Gasteiger partial charge >= 0.3 is 0 Å². The largest absolute Gasteiger partial charge is 0.349 e. The molecule has 8 nitrogen and oxygen atoms in total. The van der Waals surface area contributed by atoms with Gasteiger partial charge in [-0.3, -0.25) is 14.9 Å². The molecular weight excluding hydrogens is 414 g/mol. The maximum atomic E-state index is 12.9. The van der Waals surface area contributed by atoms with E-state index in [-0.39, 0.29) is 5.69 Å². The van der Waals surface area contributed by atoms with Crippen LogP contribution in [-0.2, 0) is 6.54 Å². The summed E-state index contributed by atoms with van der Waals surface area (Å²) < 4.78 is 1.20. The molecule has 4 rings (SSSR count). The minimum Gasteiger partial charge on any atom is -0.349 e. The van der Waals surface area contributed by atoms with Crippen LogP contribution in [0, 0.1) is 10.1 Å². The van der Waals surface area contributed by atoms with E-state index in [2.05, 4.69) is 15.4 Å². The predicted octanol–water partition coefficient (Wildman–Crippen LogP) is 4.88. The molecule has 0 atom stereocenters. The maximum absolute atomic E-state index is 12.9. The van der Waals surface area contributed by atoms with Crippen molar-refractivity contribution in [3.63, 3.8) is 0 Å². The molecule has 31 heavy (non-hydrogen) atoms. The fraction of sp³-hybridized carbons (Fsp3) is 0.0455. The second-order valence-electron chi connectivity index (χ2n) is 6.49. The van der Waals surface area contributed by atoms with Gasteiger partial charge < -0.3 is 5.32 Å². The average molecular weight is 431 g/mol. The number of aromatic nitrogens is 3. The van der Waals surface area contributed by atoms with Crippen LogP contribution in [0.25, 0.3) is 17.5 Å². The number of carbonyl (C=O) groups excluding carboxylic acids is 1. The molecule has 9 heteroatoms. The Kier molecular flexibility index (Phi) is 5.95. The predicted molar refractivity (Wildman–Crippen MR) is 120 cm³/mol. The summed E-state index contributed by atoms with van der Waals surface area (Å²) in [4.78, 5) is 28.9. The molecule has 0 saturated carbocycles. The first-order valence-electron chi connectivity index (χ1n) is 9.36. The van der Waals surface area contributed by atoms with Crippen LogP contribution in [0.2, 0.25) is 0 Å². The Hall–Kier alpha value is -4.11. The Morgan fingerprint density at radius 3 is 2.71 bits per heavy atom. The first kappa shape index (κ1) is 20.2. The molecule has 0 aliphatic rings. The minimum atomic E-state index is -0.477. The number of benzene rings is 2. The summed E-state index contributed by atoms with van der Waals surface area (Å²) in [7, 11) is 0. The van der Waals surface area contributed by atoms with Gasteiger partial charge in [0.2, 0.25) is 5.95 Å². The number of hydrogen-bond donors (Lipinski definition) is 1. The van der Waals surface area contributed by atoms with Gasteiger partial charge in [0, 0.05) is 28.6 Å². The highest BCUT2D eigenvalue weighted by Crippen LogP contribution is 2.19. The van der Waals surface area contributed by atoms with Crippen molar-refractivity contribution < 1.29 is 9.72 Å². The normalized spacial score (nSPS) is 11.0. The van der Waals surface area contributed by atoms with Gasteiger partial charge in [-0.2, -0.15) is 9.67 Å². The smallest absolute Gasteiger partial charge is 0.274 e. The number of nitro groups is 1. The molecule has 154 valence electrons. The van der Waals surface area contributed by atoms with Crippen LogP contribution in [0.1, 0.15) is 15.2 Å². The molecule has 0 unspecified atom stereocenters. The van der Waals surface area contributed by atoms with Crippen LogP contribution >= 0.6 is 11.3 Å². The fourth-order valence-electron chi connectivity index (χ4n) is 2.85. The molecule has 0 fully saturated rings. The monoisotopic (exact) mass is 431 g/mol. The molecule has 0 spiro atoms. The van der Waals surface area contributed by atoms with E-state index in [1.807, 2.05) is 47.8 Å². The number of allylic oxidation sites excluding steroid dienone is 1. The quantitative estimate of drug-likeness (QED) is 0.254. The van der Waals surface area contributed by atoms with Crippen LogP contribution in [-0.4, -0.2) is 25.6 Å². The second-order valence-corrected chi connectivity index (χ2v) is 7.53. The Morgan fingerprint density at radius 2 is 1.97 bits per heavy atom. The van der Waals surface area contributed by atoms with Crippen molar-refractivity contribution in [3.05, 3.63) is 98.7 Å². The average Bonchev–Trinajstić information content (AvgIpc) is 3.47. The van der Waals surface area contributed by atoms with E-state index in [4.69, 9.17) is 0 Å². The van der Waals surface area contributed by atoms with Crippen LogP contribution in [0.4, 0.5) is 11.6 Å². The number of non-ortho nitro benzene ring substituents is 1. The lowest BCUT2D eigenvalue weighted by atomic mass is 10.2. The topological polar surface area (TPSA) is 103 Å². The van der Waals surface area contributed by atoms with E-state index in [1.54, 1.807) is 23.5 Å². The molecule has 1 N–H and O–H groups in total. The van der Waals surface area contributed by atoms with E-state index in [1.165, 1.54) is 29.0 Å². The van der Waals surface area contributed by atoms with Crippen molar-refractivity contribution in [1.82, 2.24) is 14.8 Å². The third-order valence-electron chi connectivity index (χ3n) is 4.35. The highest BCUT2D eigenvalue weighted by Gasteiger charge is 2.16. The summed E-state index contributed by atoms with van der Waals surface area (Å²) in [5.41, 5.74) is 1.29. The third kappa shape index (κ3) is 4.90. The lowest BCUT2D eigenvalue weighted by molar-refractivity contribution is -0.384. The Morgan fingerprint density at radius 1 is 1.13 bits per heavy atom. The Labute approximate surface area is 181 Å². The molecule has 0 amide bonds. The number of hydrogen-bond acceptors (Lipinski definition) is 7. The summed E-state index contributed by atoms with van der Waals surface area (Å²) in [6.45, 7) is 0.506. The molecule has 0 radical (unpaired) electrons. The van der Waals surface area contributed by atoms with Crippen LogP contribution in [0.15, 0.2) is 78.2 Å². The Balaban J connectivity index is 1.61. The lowest BCUT2D eigenvalue weighted by Crippen LogP contribution is -2.14. The molecule has 2 aromatic carbocycles. The van der Waals surface area contributed by atoms with Crippen molar-refractivity contribution in [1.29, 1.82) is 0 Å². The van der Waals surface area contributed by atoms with Crippen LogP contribution in [0.5, 0.6) is 0 Å². The first-order valence-corrected chi connectivity index (χ1v) is 10.2. The van der Waals surface area contributed by atoms with Crippen molar-refractivity contribution in [2.75, 3.05) is 5.32 Å². The molecule has 4 aromatic rings. The molecule has 2 heterocycles. The third-order valence-corrected chi connectivity index (χ3v) is 5.22. The van der Waals surface area contributed by atoms with E-state index >= 15 is 0 Å². The molecular formula is C22H17N5O3S. The van der Waals surface area contributed by atoms with E-state index < -0.39 is 10.8 Å². The zero-order valence-electron chi connectivity index (χ0n) is 16.2. The molecule has 2 aromatic heterocycles. The molecule has 0 aliphatic heterocycles. The van der Waals surface area contributed by atoms with Gasteiger partial charge in [0.25, 0.3) is 11.6 Å². The molecule has 0 aliphatic carbocycles. The van der Waals surface area contributed by atoms with Gasteiger partial charge in [-0.15, -0.1) is 16.4 Å². The highest BCUT2D eigenvalue weighted by molar-refractivity contribution is 7.09. The van der Waals surface area contributed by atoms with Gasteiger partial charge in [0.15, 0.2) is 5.82 Å². The summed E-state index contributed by atoms with van der Waals surface area (Å²) in [5.74, 6) is 0.321. The van der Waals surface area contributed by atoms with Crippen LogP contribution < -0.4 is 5.32 Å². The second kappa shape index (κ2) is 9.14. The summed E-state index contributed by atoms with van der Waals surface area (Å²) in [6, 6.07) is 19.4. The van der Waals surface area contributed by atoms with Crippen molar-refractivity contribution in [2.24, 2.45) is 0 Å². The van der Waals surface area contributed by atoms with E-state index in [0.717, 1.165) is 10.4 Å². The SMILES string of the molecule is O=C(C=Cc1cccc([N+](=O)[O-])c1)n1nc(-c2ccccc2)nc1NCc1cccs1. The maximum Gasteiger partial charge on any atom is 0.274 e. The number of nitrogens with one attached hydrogen (secondary N) is 1. The highest BCUT2D eigenvalue weighted by atomic mass is 32.1. The number of thiophene rings is 1. The van der Waals surface area contributed by atoms with Gasteiger partial charge in [-0.1, -0.05) is 48.5 Å². The van der Waals surface area contributed by atoms with Crippen molar-refractivity contribution in [3.8, 4) is 11.4 Å². The van der Waals surface area contributed by atoms with E-state index in [0.29, 0.717) is 23.9 Å². The summed E-state index contributed by atoms with van der Waals surface area (Å²) in [6.07, 6.45) is 2.83. The van der Waals surface area contributed by atoms with Gasteiger partial charge in [-0.25, -0.2) is 0 Å². The van der Waals surface area contributed by atoms with Crippen molar-refractivity contribution in [2.45, 2.75) is 6.54 Å². The van der Waals surface area contributed by atoms with Gasteiger partial charge in [0.05, 0.1) is 11.5 Å². The number of nitrogens with zero attached hydrogens (tertiary/aromatic N) is 4. The molecule has 0 bridgehead atoms. The van der Waals surface area contributed by atoms with E-state index in [9.17, 15) is 14.9 Å². The number of rotatable bonds is 7. The number of nitro benzene ring substituents is 1. The number of carbonyl (C=O) groups is 1. The summed E-state index contributed by atoms with van der Waals surface area (Å²) in [5, 5.41) is 20.5. The number of anilines is 1. The van der Waals surface area contributed by atoms with Crippen LogP contribution in [0.3, 0.4) is 0 Å². The van der Waals surface area contributed by atoms with Gasteiger partial charge in [-0.05, 0) is 23.1 Å². The fourth-order valence-corrected chi connectivity index (χ4v) is 3.49. The van der Waals surface area contributed by atoms with Gasteiger partial charge in [0.1, 0.15) is 0 Å². The summed E-state index contributed by atoms with van der Waals surface area (Å²) >= 11 is 1.60. The Bertz CT molecular complexity index is 1230. The lowest BCUT2D eigenvalue weighted by Gasteiger charge is -2.04. The van der Waals surface area contributed by atoms with Crippen molar-refractivity contribution >= 4 is 35.0 Å². The zero-order chi connectivity index (χ0) is 21.6. The zero-order valence-corrected chi connectivity index (χ0v) is 17.0. The first-order chi connectivity index (χ1) is 15.1. The molecule has 0 saturated heterocycles. The standard InChI is InChI=1S/C22H17N5O3S/c28-20(12-11-16-6-4-9-18(14-16)27(29)30)26-22(23-15-19-10-5-13-31-19)24-21(25-26)17-7-2-1-3-8-17/h1-14H,15H2,(H,23,24,25).